The monoisotopic (exact) mass is 613 g/mol. The molecule has 2 heterocycles. The fourth-order valence-corrected chi connectivity index (χ4v) is 7.74. The number of hydrogen-bond acceptors (Lipinski definition) is 2. The van der Waals surface area contributed by atoms with Gasteiger partial charge in [-0.15, -0.1) is 0 Å². The van der Waals surface area contributed by atoms with Gasteiger partial charge in [-0.2, -0.15) is 0 Å². The first kappa shape index (κ1) is 26.7. The van der Waals surface area contributed by atoms with Gasteiger partial charge < -0.3 is 4.42 Å². The summed E-state index contributed by atoms with van der Waals surface area (Å²) >= 11 is 0. The number of nitrogens with zero attached hydrogens (tertiary/aromatic N) is 1. The Morgan fingerprint density at radius 2 is 1.00 bits per heavy atom. The van der Waals surface area contributed by atoms with Crippen LogP contribution in [0.5, 0.6) is 0 Å². The van der Waals surface area contributed by atoms with Gasteiger partial charge in [-0.3, -0.25) is 9.36 Å². The van der Waals surface area contributed by atoms with E-state index in [1.165, 1.54) is 0 Å². The third kappa shape index (κ3) is 3.79. The first-order valence-electron chi connectivity index (χ1n) is 16.2. The topological polar surface area (TPSA) is 35.1 Å². The van der Waals surface area contributed by atoms with Crippen LogP contribution < -0.4 is 5.56 Å². The molecule has 0 spiro atoms. The molecule has 2 aromatic heterocycles. The molecule has 224 valence electrons. The number of para-hydroxylation sites is 4. The van der Waals surface area contributed by atoms with Gasteiger partial charge in [-0.25, -0.2) is 0 Å². The second kappa shape index (κ2) is 10.3. The molecule has 3 heteroatoms. The van der Waals surface area contributed by atoms with Crippen LogP contribution >= 0.6 is 0 Å². The van der Waals surface area contributed by atoms with Crippen molar-refractivity contribution in [2.24, 2.45) is 0 Å². The van der Waals surface area contributed by atoms with Crippen molar-refractivity contribution < 1.29 is 4.42 Å². The van der Waals surface area contributed by atoms with E-state index in [2.05, 4.69) is 103 Å². The van der Waals surface area contributed by atoms with Gasteiger partial charge in [0, 0.05) is 38.4 Å². The van der Waals surface area contributed by atoms with Crippen LogP contribution in [-0.4, -0.2) is 4.57 Å². The Labute approximate surface area is 275 Å². The van der Waals surface area contributed by atoms with Crippen molar-refractivity contribution in [1.29, 1.82) is 0 Å². The Bertz CT molecular complexity index is 2910. The van der Waals surface area contributed by atoms with Gasteiger partial charge in [-0.05, 0) is 68.4 Å². The maximum atomic E-state index is 14.4. The van der Waals surface area contributed by atoms with Gasteiger partial charge in [0.1, 0.15) is 11.2 Å². The lowest BCUT2D eigenvalue weighted by Gasteiger charge is -2.18. The number of rotatable bonds is 3. The predicted octanol–water partition coefficient (Wildman–Crippen LogP) is 11.7. The minimum Gasteiger partial charge on any atom is -0.455 e. The minimum absolute atomic E-state index is 0.0291. The molecule has 0 aliphatic rings. The third-order valence-corrected chi connectivity index (χ3v) is 9.80. The average Bonchev–Trinajstić information content (AvgIpc) is 3.53. The van der Waals surface area contributed by atoms with E-state index in [9.17, 15) is 4.79 Å². The Hall–Kier alpha value is -6.45. The summed E-state index contributed by atoms with van der Waals surface area (Å²) < 4.78 is 8.40. The van der Waals surface area contributed by atoms with Crippen molar-refractivity contribution in [2.45, 2.75) is 0 Å². The average molecular weight is 614 g/mol. The molecule has 3 nitrogen and oxygen atoms in total. The number of aromatic nitrogens is 1. The number of benzene rings is 8. The zero-order valence-electron chi connectivity index (χ0n) is 25.9. The first-order valence-corrected chi connectivity index (χ1v) is 16.2. The summed E-state index contributed by atoms with van der Waals surface area (Å²) in [6, 6.07) is 56.4. The van der Waals surface area contributed by atoms with Crippen molar-refractivity contribution in [1.82, 2.24) is 4.57 Å². The van der Waals surface area contributed by atoms with E-state index in [0.29, 0.717) is 5.39 Å². The van der Waals surface area contributed by atoms with Gasteiger partial charge >= 0.3 is 0 Å². The summed E-state index contributed by atoms with van der Waals surface area (Å²) in [6.45, 7) is 0. The Morgan fingerprint density at radius 1 is 0.417 bits per heavy atom. The quantitative estimate of drug-likeness (QED) is 0.147. The summed E-state index contributed by atoms with van der Waals surface area (Å²) in [4.78, 5) is 14.4. The van der Waals surface area contributed by atoms with E-state index in [1.54, 1.807) is 0 Å². The fraction of sp³-hybridized carbons (Fsp3) is 0. The third-order valence-electron chi connectivity index (χ3n) is 9.80. The summed E-state index contributed by atoms with van der Waals surface area (Å²) in [7, 11) is 0. The minimum atomic E-state index is -0.0291. The van der Waals surface area contributed by atoms with Crippen LogP contribution in [0.2, 0.25) is 0 Å². The molecule has 0 saturated heterocycles. The predicted molar refractivity (Wildman–Crippen MR) is 200 cm³/mol. The summed E-state index contributed by atoms with van der Waals surface area (Å²) in [5.41, 5.74) is 7.83. The number of furan rings is 1. The molecule has 0 aliphatic heterocycles. The van der Waals surface area contributed by atoms with E-state index < -0.39 is 0 Å². The van der Waals surface area contributed by atoms with E-state index in [4.69, 9.17) is 4.42 Å². The van der Waals surface area contributed by atoms with Gasteiger partial charge in [0.05, 0.1) is 5.52 Å². The molecular formula is C45H27NO2. The lowest BCUT2D eigenvalue weighted by atomic mass is 9.85. The van der Waals surface area contributed by atoms with Crippen LogP contribution in [-0.2, 0) is 0 Å². The molecule has 0 atom stereocenters. The van der Waals surface area contributed by atoms with Crippen molar-refractivity contribution >= 4 is 65.2 Å². The van der Waals surface area contributed by atoms with E-state index in [1.807, 2.05) is 65.2 Å². The van der Waals surface area contributed by atoms with Gasteiger partial charge in [0.25, 0.3) is 5.56 Å². The smallest absolute Gasteiger partial charge is 0.263 e. The number of fused-ring (bicyclic) bond motifs is 8. The summed E-state index contributed by atoms with van der Waals surface area (Å²) in [5, 5.41) is 9.45. The first-order chi connectivity index (χ1) is 23.8. The second-order valence-electron chi connectivity index (χ2n) is 12.4. The van der Waals surface area contributed by atoms with Gasteiger partial charge in [-0.1, -0.05) is 133 Å². The molecule has 10 aromatic rings. The Kier molecular flexibility index (Phi) is 5.73. The number of pyridine rings is 1. The van der Waals surface area contributed by atoms with Crippen molar-refractivity contribution in [3.8, 4) is 27.9 Å². The van der Waals surface area contributed by atoms with Crippen LogP contribution in [0.1, 0.15) is 0 Å². The fourth-order valence-electron chi connectivity index (χ4n) is 7.74. The lowest BCUT2D eigenvalue weighted by molar-refractivity contribution is 0.670. The molecule has 8 aromatic carbocycles. The summed E-state index contributed by atoms with van der Waals surface area (Å²) in [6.07, 6.45) is 0. The molecule has 0 N–H and O–H groups in total. The SMILES string of the molecule is O=c1c2cc(-c3c4ccccc4c(-c4cccc5c4oc4ccccc45)c4ccccc34)ccc2c2ccccc2n1-c1ccccc1. The molecule has 48 heavy (non-hydrogen) atoms. The van der Waals surface area contributed by atoms with Gasteiger partial charge in [0.2, 0.25) is 0 Å². The number of hydrogen-bond donors (Lipinski definition) is 0. The molecule has 0 aliphatic carbocycles. The zero-order chi connectivity index (χ0) is 31.8. The van der Waals surface area contributed by atoms with E-state index in [0.717, 1.165) is 87.7 Å². The maximum absolute atomic E-state index is 14.4. The largest absolute Gasteiger partial charge is 0.455 e. The second-order valence-corrected chi connectivity index (χ2v) is 12.4. The van der Waals surface area contributed by atoms with Crippen molar-refractivity contribution in [2.75, 3.05) is 0 Å². The normalized spacial score (nSPS) is 11.8. The molecule has 0 saturated carbocycles. The maximum Gasteiger partial charge on any atom is 0.263 e. The highest BCUT2D eigenvalue weighted by Gasteiger charge is 2.21. The molecule has 0 bridgehead atoms. The van der Waals surface area contributed by atoms with Crippen molar-refractivity contribution in [3.63, 3.8) is 0 Å². The molecule has 0 radical (unpaired) electrons. The Morgan fingerprint density at radius 3 is 1.73 bits per heavy atom. The Balaban J connectivity index is 1.31. The van der Waals surface area contributed by atoms with Crippen LogP contribution in [0.3, 0.4) is 0 Å². The molecule has 0 amide bonds. The highest BCUT2D eigenvalue weighted by molar-refractivity contribution is 6.24. The van der Waals surface area contributed by atoms with Crippen LogP contribution in [0.4, 0.5) is 0 Å². The van der Waals surface area contributed by atoms with Crippen molar-refractivity contribution in [3.05, 3.63) is 174 Å². The zero-order valence-corrected chi connectivity index (χ0v) is 25.9. The van der Waals surface area contributed by atoms with Crippen LogP contribution in [0.25, 0.3) is 93.1 Å². The highest BCUT2D eigenvalue weighted by Crippen LogP contribution is 2.46. The molecule has 0 unspecified atom stereocenters. The van der Waals surface area contributed by atoms with Crippen LogP contribution in [0.15, 0.2) is 173 Å². The van der Waals surface area contributed by atoms with Crippen LogP contribution in [0, 0.1) is 0 Å². The molecular weight excluding hydrogens is 587 g/mol. The standard InChI is InChI=1S/C45H27NO2/c47-45-39-27-28(25-26-30(39)31-15-8-10-23-40(31)46(45)29-13-2-1-3-14-29)42-33-17-4-6-19-35(33)43(36-20-7-5-18-34(36)42)38-22-12-21-37-32-16-9-11-24-41(32)48-44(37)38/h1-27H. The lowest BCUT2D eigenvalue weighted by Crippen LogP contribution is -2.19. The molecule has 0 fully saturated rings. The highest BCUT2D eigenvalue weighted by atomic mass is 16.3. The van der Waals surface area contributed by atoms with E-state index >= 15 is 0 Å². The van der Waals surface area contributed by atoms with Gasteiger partial charge in [0.15, 0.2) is 0 Å². The van der Waals surface area contributed by atoms with E-state index in [-0.39, 0.29) is 5.56 Å². The molecule has 10 rings (SSSR count). The summed E-state index contributed by atoms with van der Waals surface area (Å²) in [5.74, 6) is 0.